The van der Waals surface area contributed by atoms with Crippen molar-refractivity contribution in [2.24, 2.45) is 0 Å². The Morgan fingerprint density at radius 3 is 2.54 bits per heavy atom. The van der Waals surface area contributed by atoms with Gasteiger partial charge in [0.1, 0.15) is 5.00 Å². The molecule has 6 heteroatoms. The first kappa shape index (κ1) is 20.8. The van der Waals surface area contributed by atoms with Crippen molar-refractivity contribution in [1.82, 2.24) is 0 Å². The fourth-order valence-corrected chi connectivity index (χ4v) is 5.03. The third-order valence-electron chi connectivity index (χ3n) is 4.96. The Labute approximate surface area is 176 Å². The van der Waals surface area contributed by atoms with E-state index in [4.69, 9.17) is 17.0 Å². The lowest BCUT2D eigenvalue weighted by molar-refractivity contribution is 0.0527. The van der Waals surface area contributed by atoms with E-state index in [0.29, 0.717) is 23.2 Å². The first-order valence-corrected chi connectivity index (χ1v) is 11.2. The van der Waals surface area contributed by atoms with Crippen LogP contribution in [0.15, 0.2) is 24.3 Å². The summed E-state index contributed by atoms with van der Waals surface area (Å²) in [6.45, 7) is 6.55. The second-order valence-electron chi connectivity index (χ2n) is 7.34. The lowest BCUT2D eigenvalue weighted by Crippen LogP contribution is -2.20. The van der Waals surface area contributed by atoms with Crippen molar-refractivity contribution in [3.8, 4) is 0 Å². The maximum Gasteiger partial charge on any atom is 0.341 e. The molecule has 2 aromatic rings. The molecule has 0 spiro atoms. The summed E-state index contributed by atoms with van der Waals surface area (Å²) in [6.07, 6.45) is 5.43. The van der Waals surface area contributed by atoms with E-state index in [0.717, 1.165) is 35.5 Å². The predicted molar refractivity (Wildman–Crippen MR) is 122 cm³/mol. The highest BCUT2D eigenvalue weighted by molar-refractivity contribution is 7.80. The van der Waals surface area contributed by atoms with Gasteiger partial charge in [-0.15, -0.1) is 11.3 Å². The van der Waals surface area contributed by atoms with E-state index in [1.807, 2.05) is 19.1 Å². The monoisotopic (exact) mass is 416 g/mol. The van der Waals surface area contributed by atoms with E-state index in [1.54, 1.807) is 11.3 Å². The molecule has 4 nitrogen and oxygen atoms in total. The van der Waals surface area contributed by atoms with Crippen LogP contribution in [0.5, 0.6) is 0 Å². The number of carbonyl (C=O) groups excluding carboxylic acids is 1. The molecule has 1 aromatic carbocycles. The SMILES string of the molecule is CCOC(=O)c1c(NC(=S)Nc2ccc(C(C)C)cc2)sc2c1CCCCC2. The van der Waals surface area contributed by atoms with Crippen molar-refractivity contribution in [3.05, 3.63) is 45.8 Å². The Kier molecular flexibility index (Phi) is 7.08. The van der Waals surface area contributed by atoms with Crippen LogP contribution >= 0.6 is 23.6 Å². The van der Waals surface area contributed by atoms with Crippen LogP contribution in [0.2, 0.25) is 0 Å². The van der Waals surface area contributed by atoms with Gasteiger partial charge in [0.05, 0.1) is 12.2 Å². The lowest BCUT2D eigenvalue weighted by Gasteiger charge is -2.12. The van der Waals surface area contributed by atoms with Crippen LogP contribution in [0.4, 0.5) is 10.7 Å². The van der Waals surface area contributed by atoms with Crippen molar-refractivity contribution >= 4 is 45.3 Å². The van der Waals surface area contributed by atoms with E-state index in [9.17, 15) is 4.79 Å². The van der Waals surface area contributed by atoms with Crippen LogP contribution < -0.4 is 10.6 Å². The van der Waals surface area contributed by atoms with Crippen molar-refractivity contribution in [2.45, 2.75) is 58.8 Å². The smallest absolute Gasteiger partial charge is 0.341 e. The summed E-state index contributed by atoms with van der Waals surface area (Å²) in [6, 6.07) is 8.26. The first-order valence-electron chi connectivity index (χ1n) is 9.99. The number of thiocarbonyl (C=S) groups is 1. The van der Waals surface area contributed by atoms with Gasteiger partial charge in [0.25, 0.3) is 0 Å². The summed E-state index contributed by atoms with van der Waals surface area (Å²) in [5.41, 5.74) is 4.03. The van der Waals surface area contributed by atoms with Gasteiger partial charge >= 0.3 is 5.97 Å². The normalized spacial score (nSPS) is 13.6. The van der Waals surface area contributed by atoms with Gasteiger partial charge in [-0.05, 0) is 74.0 Å². The second-order valence-corrected chi connectivity index (χ2v) is 8.86. The first-order chi connectivity index (χ1) is 13.5. The minimum Gasteiger partial charge on any atom is -0.462 e. The average Bonchev–Trinajstić information content (AvgIpc) is 2.82. The number of esters is 1. The summed E-state index contributed by atoms with van der Waals surface area (Å²) in [7, 11) is 0. The van der Waals surface area contributed by atoms with E-state index in [2.05, 4.69) is 36.6 Å². The molecule has 2 N–H and O–H groups in total. The molecule has 1 heterocycles. The highest BCUT2D eigenvalue weighted by Crippen LogP contribution is 2.38. The van der Waals surface area contributed by atoms with Gasteiger partial charge in [-0.2, -0.15) is 0 Å². The molecule has 0 saturated heterocycles. The van der Waals surface area contributed by atoms with E-state index >= 15 is 0 Å². The van der Waals surface area contributed by atoms with Crippen molar-refractivity contribution in [1.29, 1.82) is 0 Å². The van der Waals surface area contributed by atoms with Crippen LogP contribution in [0, 0.1) is 0 Å². The van der Waals surface area contributed by atoms with Gasteiger partial charge in [-0.1, -0.05) is 32.4 Å². The number of ether oxygens (including phenoxy) is 1. The van der Waals surface area contributed by atoms with E-state index in [-0.39, 0.29) is 5.97 Å². The highest BCUT2D eigenvalue weighted by atomic mass is 32.1. The zero-order chi connectivity index (χ0) is 20.1. The number of rotatable bonds is 5. The Morgan fingerprint density at radius 2 is 1.86 bits per heavy atom. The third kappa shape index (κ3) is 4.92. The molecule has 0 amide bonds. The number of hydrogen-bond donors (Lipinski definition) is 2. The minimum absolute atomic E-state index is 0.256. The average molecular weight is 417 g/mol. The topological polar surface area (TPSA) is 50.4 Å². The molecule has 1 aliphatic rings. The van der Waals surface area contributed by atoms with E-state index < -0.39 is 0 Å². The molecule has 1 aliphatic carbocycles. The predicted octanol–water partition coefficient (Wildman–Crippen LogP) is 6.13. The molecule has 0 aliphatic heterocycles. The fraction of sp³-hybridized carbons (Fsp3) is 0.455. The Morgan fingerprint density at radius 1 is 1.14 bits per heavy atom. The second kappa shape index (κ2) is 9.52. The number of nitrogens with one attached hydrogen (secondary N) is 2. The highest BCUT2D eigenvalue weighted by Gasteiger charge is 2.26. The van der Waals surface area contributed by atoms with Gasteiger partial charge < -0.3 is 15.4 Å². The maximum atomic E-state index is 12.6. The van der Waals surface area contributed by atoms with Crippen molar-refractivity contribution in [3.63, 3.8) is 0 Å². The van der Waals surface area contributed by atoms with Gasteiger partial charge in [-0.25, -0.2) is 4.79 Å². The van der Waals surface area contributed by atoms with Gasteiger partial charge in [0.15, 0.2) is 5.11 Å². The molecule has 0 saturated carbocycles. The molecule has 0 unspecified atom stereocenters. The van der Waals surface area contributed by atoms with Gasteiger partial charge in [0.2, 0.25) is 0 Å². The summed E-state index contributed by atoms with van der Waals surface area (Å²) >= 11 is 7.15. The number of anilines is 2. The number of benzene rings is 1. The van der Waals surface area contributed by atoms with Crippen LogP contribution in [0.3, 0.4) is 0 Å². The summed E-state index contributed by atoms with van der Waals surface area (Å²) < 4.78 is 5.33. The van der Waals surface area contributed by atoms with Crippen molar-refractivity contribution in [2.75, 3.05) is 17.2 Å². The zero-order valence-corrected chi connectivity index (χ0v) is 18.4. The molecule has 28 heavy (non-hydrogen) atoms. The van der Waals surface area contributed by atoms with Crippen LogP contribution in [0.1, 0.15) is 72.3 Å². The quantitative estimate of drug-likeness (QED) is 0.349. The molecule has 0 bridgehead atoms. The minimum atomic E-state index is -0.256. The number of carbonyl (C=O) groups is 1. The summed E-state index contributed by atoms with van der Waals surface area (Å²) in [5, 5.41) is 7.75. The zero-order valence-electron chi connectivity index (χ0n) is 16.8. The third-order valence-corrected chi connectivity index (χ3v) is 6.37. The van der Waals surface area contributed by atoms with Gasteiger partial charge in [0, 0.05) is 10.6 Å². The largest absolute Gasteiger partial charge is 0.462 e. The summed E-state index contributed by atoms with van der Waals surface area (Å²) in [4.78, 5) is 13.9. The standard InChI is InChI=1S/C22H28N2O2S2/c1-4-26-21(25)19-17-8-6-5-7-9-18(17)28-20(19)24-22(27)23-16-12-10-15(11-13-16)14(2)3/h10-14H,4-9H2,1-3H3,(H2,23,24,27). The van der Waals surface area contributed by atoms with Crippen LogP contribution in [-0.2, 0) is 17.6 Å². The lowest BCUT2D eigenvalue weighted by atomic mass is 10.0. The Hall–Kier alpha value is -1.92. The van der Waals surface area contributed by atoms with Crippen molar-refractivity contribution < 1.29 is 9.53 Å². The Bertz CT molecular complexity index is 841. The Balaban J connectivity index is 1.78. The molecular formula is C22H28N2O2S2. The molecule has 0 atom stereocenters. The molecule has 0 fully saturated rings. The summed E-state index contributed by atoms with van der Waals surface area (Å²) in [5.74, 6) is 0.237. The number of fused-ring (bicyclic) bond motifs is 1. The number of aryl methyl sites for hydroxylation is 1. The van der Waals surface area contributed by atoms with E-state index in [1.165, 1.54) is 23.3 Å². The molecule has 3 rings (SSSR count). The molecule has 150 valence electrons. The molecular weight excluding hydrogens is 388 g/mol. The fourth-order valence-electron chi connectivity index (χ4n) is 3.47. The maximum absolute atomic E-state index is 12.6. The van der Waals surface area contributed by atoms with Gasteiger partial charge in [-0.3, -0.25) is 0 Å². The van der Waals surface area contributed by atoms with Crippen LogP contribution in [-0.4, -0.2) is 17.7 Å². The van der Waals surface area contributed by atoms with Crippen LogP contribution in [0.25, 0.3) is 0 Å². The number of hydrogen-bond acceptors (Lipinski definition) is 4. The number of thiophene rings is 1. The molecule has 1 aromatic heterocycles. The molecule has 0 radical (unpaired) electrons.